The number of anilines is 2. The second kappa shape index (κ2) is 9.00. The van der Waals surface area contributed by atoms with E-state index in [0.29, 0.717) is 23.7 Å². The van der Waals surface area contributed by atoms with Crippen molar-refractivity contribution < 1.29 is 0 Å². The molecule has 1 unspecified atom stereocenters. The van der Waals surface area contributed by atoms with E-state index in [-0.39, 0.29) is 6.04 Å². The summed E-state index contributed by atoms with van der Waals surface area (Å²) in [4.78, 5) is 18.0. The molecule has 33 heavy (non-hydrogen) atoms. The molecule has 8 nitrogen and oxygen atoms in total. The second-order valence-electron chi connectivity index (χ2n) is 9.89. The number of hydrogen-bond donors (Lipinski definition) is 2. The van der Waals surface area contributed by atoms with Gasteiger partial charge in [0, 0.05) is 31.0 Å². The fourth-order valence-corrected chi connectivity index (χ4v) is 4.48. The van der Waals surface area contributed by atoms with E-state index >= 15 is 0 Å². The molecule has 4 aromatic heterocycles. The van der Waals surface area contributed by atoms with Gasteiger partial charge in [-0.15, -0.1) is 0 Å². The second-order valence-corrected chi connectivity index (χ2v) is 9.89. The van der Waals surface area contributed by atoms with Crippen LogP contribution in [0, 0.1) is 0 Å². The van der Waals surface area contributed by atoms with Crippen LogP contribution in [0.2, 0.25) is 0 Å². The van der Waals surface area contributed by atoms with E-state index in [0.717, 1.165) is 40.9 Å². The smallest absolute Gasteiger partial charge is 0.146 e. The zero-order chi connectivity index (χ0) is 23.9. The molecule has 0 fully saturated rings. The number of fused-ring (bicyclic) bond motifs is 2. The summed E-state index contributed by atoms with van der Waals surface area (Å²) in [6.45, 7) is 16.2. The summed E-state index contributed by atoms with van der Waals surface area (Å²) >= 11 is 0. The zero-order valence-corrected chi connectivity index (χ0v) is 20.8. The molecule has 4 rings (SSSR count). The van der Waals surface area contributed by atoms with Gasteiger partial charge in [-0.3, -0.25) is 0 Å². The SMILES string of the molecule is CC(CCn1cc(C(C)C)c2c(N)ncnc21)Nc1ncnc2c1c(C(C)C)cn2C(C)C. The van der Waals surface area contributed by atoms with Crippen molar-refractivity contribution in [3.63, 3.8) is 0 Å². The van der Waals surface area contributed by atoms with Gasteiger partial charge in [0.05, 0.1) is 10.8 Å². The van der Waals surface area contributed by atoms with Gasteiger partial charge in [0.15, 0.2) is 0 Å². The summed E-state index contributed by atoms with van der Waals surface area (Å²) in [6, 6.07) is 0.552. The molecule has 1 atom stereocenters. The van der Waals surface area contributed by atoms with E-state index in [9.17, 15) is 0 Å². The van der Waals surface area contributed by atoms with Crippen molar-refractivity contribution in [3.8, 4) is 0 Å². The van der Waals surface area contributed by atoms with Crippen LogP contribution in [0.1, 0.15) is 83.9 Å². The summed E-state index contributed by atoms with van der Waals surface area (Å²) in [6.07, 6.45) is 8.53. The first kappa shape index (κ1) is 23.0. The van der Waals surface area contributed by atoms with E-state index in [1.165, 1.54) is 11.1 Å². The molecule has 0 saturated carbocycles. The Labute approximate surface area is 195 Å². The molecule has 0 aliphatic rings. The van der Waals surface area contributed by atoms with E-state index < -0.39 is 0 Å². The average Bonchev–Trinajstić information content (AvgIpc) is 3.33. The van der Waals surface area contributed by atoms with Crippen molar-refractivity contribution in [1.82, 2.24) is 29.1 Å². The van der Waals surface area contributed by atoms with Crippen LogP contribution >= 0.6 is 0 Å². The summed E-state index contributed by atoms with van der Waals surface area (Å²) < 4.78 is 4.44. The number of aryl methyl sites for hydroxylation is 1. The third-order valence-corrected chi connectivity index (χ3v) is 6.34. The fraction of sp³-hybridized carbons (Fsp3) is 0.520. The number of nitrogens with one attached hydrogen (secondary N) is 1. The molecule has 0 bridgehead atoms. The molecule has 0 amide bonds. The van der Waals surface area contributed by atoms with Crippen LogP contribution in [-0.2, 0) is 6.54 Å². The Kier molecular flexibility index (Phi) is 6.28. The fourth-order valence-electron chi connectivity index (χ4n) is 4.48. The van der Waals surface area contributed by atoms with Crippen molar-refractivity contribution in [2.75, 3.05) is 11.1 Å². The molecule has 4 aromatic rings. The molecule has 8 heteroatoms. The van der Waals surface area contributed by atoms with Crippen molar-refractivity contribution >= 4 is 33.7 Å². The average molecular weight is 449 g/mol. The predicted molar refractivity (Wildman–Crippen MR) is 136 cm³/mol. The van der Waals surface area contributed by atoms with Gasteiger partial charge < -0.3 is 20.2 Å². The predicted octanol–water partition coefficient (Wildman–Crippen LogP) is 5.48. The molecule has 0 saturated heterocycles. The maximum absolute atomic E-state index is 6.19. The molecule has 3 N–H and O–H groups in total. The molecule has 0 aromatic carbocycles. The monoisotopic (exact) mass is 448 g/mol. The number of hydrogen-bond acceptors (Lipinski definition) is 6. The third kappa shape index (κ3) is 4.26. The summed E-state index contributed by atoms with van der Waals surface area (Å²) in [5.41, 5.74) is 10.5. The summed E-state index contributed by atoms with van der Waals surface area (Å²) in [5, 5.41) is 5.76. The molecule has 0 spiro atoms. The lowest BCUT2D eigenvalue weighted by Gasteiger charge is -2.17. The summed E-state index contributed by atoms with van der Waals surface area (Å²) in [5.74, 6) is 2.20. The Morgan fingerprint density at radius 2 is 1.45 bits per heavy atom. The van der Waals surface area contributed by atoms with Crippen molar-refractivity contribution in [1.29, 1.82) is 0 Å². The summed E-state index contributed by atoms with van der Waals surface area (Å²) in [7, 11) is 0. The van der Waals surface area contributed by atoms with Gasteiger partial charge in [-0.1, -0.05) is 27.7 Å². The molecule has 0 aliphatic carbocycles. The first-order valence-corrected chi connectivity index (χ1v) is 11.9. The van der Waals surface area contributed by atoms with Crippen LogP contribution in [0.5, 0.6) is 0 Å². The Hall–Kier alpha value is -3.16. The van der Waals surface area contributed by atoms with Crippen molar-refractivity contribution in [2.45, 2.75) is 85.4 Å². The molecule has 176 valence electrons. The minimum atomic E-state index is 0.213. The van der Waals surface area contributed by atoms with Crippen molar-refractivity contribution in [2.24, 2.45) is 0 Å². The van der Waals surface area contributed by atoms with Gasteiger partial charge in [0.2, 0.25) is 0 Å². The minimum Gasteiger partial charge on any atom is -0.383 e. The first-order chi connectivity index (χ1) is 15.7. The van der Waals surface area contributed by atoms with Gasteiger partial charge in [-0.25, -0.2) is 19.9 Å². The van der Waals surface area contributed by atoms with Crippen LogP contribution < -0.4 is 11.1 Å². The maximum atomic E-state index is 6.19. The van der Waals surface area contributed by atoms with Gasteiger partial charge >= 0.3 is 0 Å². The minimum absolute atomic E-state index is 0.213. The number of nitrogen functional groups attached to an aromatic ring is 1. The van der Waals surface area contributed by atoms with Crippen LogP contribution in [0.25, 0.3) is 22.1 Å². The highest BCUT2D eigenvalue weighted by molar-refractivity contribution is 5.92. The zero-order valence-electron chi connectivity index (χ0n) is 20.8. The topological polar surface area (TPSA) is 99.5 Å². The van der Waals surface area contributed by atoms with E-state index in [1.807, 2.05) is 0 Å². The third-order valence-electron chi connectivity index (χ3n) is 6.34. The standard InChI is InChI=1S/C25H36N8/c1-14(2)18-10-32(24-20(18)22(26)27-12-29-24)9-8-17(7)31-23-21-19(15(3)4)11-33(16(5)6)25(21)30-13-28-23/h10-17H,8-9H2,1-7H3,(H2,26,27,29)(H,28,30,31). The molecule has 0 aliphatic heterocycles. The Morgan fingerprint density at radius 1 is 0.818 bits per heavy atom. The van der Waals surface area contributed by atoms with Crippen LogP contribution in [0.4, 0.5) is 11.6 Å². The highest BCUT2D eigenvalue weighted by atomic mass is 15.1. The van der Waals surface area contributed by atoms with Gasteiger partial charge in [0.25, 0.3) is 0 Å². The van der Waals surface area contributed by atoms with Gasteiger partial charge in [0.1, 0.15) is 35.6 Å². The maximum Gasteiger partial charge on any atom is 0.146 e. The highest BCUT2D eigenvalue weighted by Crippen LogP contribution is 2.33. The molecule has 0 radical (unpaired) electrons. The highest BCUT2D eigenvalue weighted by Gasteiger charge is 2.20. The number of rotatable bonds is 8. The lowest BCUT2D eigenvalue weighted by Crippen LogP contribution is -2.19. The normalized spacial score (nSPS) is 13.2. The van der Waals surface area contributed by atoms with E-state index in [4.69, 9.17) is 5.73 Å². The molecular formula is C25H36N8. The Bertz CT molecular complexity index is 1260. The number of nitrogens with two attached hydrogens (primary N) is 1. The molecule has 4 heterocycles. The number of nitrogens with zero attached hydrogens (tertiary/aromatic N) is 6. The van der Waals surface area contributed by atoms with Gasteiger partial charge in [-0.05, 0) is 50.2 Å². The van der Waals surface area contributed by atoms with Crippen LogP contribution in [0.15, 0.2) is 25.0 Å². The van der Waals surface area contributed by atoms with E-state index in [1.54, 1.807) is 12.7 Å². The lowest BCUT2D eigenvalue weighted by molar-refractivity contribution is 0.600. The Morgan fingerprint density at radius 3 is 2.12 bits per heavy atom. The number of aromatic nitrogens is 6. The molecular weight excluding hydrogens is 412 g/mol. The van der Waals surface area contributed by atoms with Gasteiger partial charge in [-0.2, -0.15) is 0 Å². The first-order valence-electron chi connectivity index (χ1n) is 11.9. The van der Waals surface area contributed by atoms with Crippen molar-refractivity contribution in [3.05, 3.63) is 36.2 Å². The van der Waals surface area contributed by atoms with Crippen LogP contribution in [0.3, 0.4) is 0 Å². The largest absolute Gasteiger partial charge is 0.383 e. The lowest BCUT2D eigenvalue weighted by atomic mass is 10.0. The van der Waals surface area contributed by atoms with E-state index in [2.05, 4.69) is 95.2 Å². The Balaban J connectivity index is 1.60. The quantitative estimate of drug-likeness (QED) is 0.370. The van der Waals surface area contributed by atoms with Crippen LogP contribution in [-0.4, -0.2) is 35.1 Å².